The molecule has 1 aromatic carbocycles. The van der Waals surface area contributed by atoms with Crippen molar-refractivity contribution in [3.8, 4) is 0 Å². The normalized spacial score (nSPS) is 18.7. The van der Waals surface area contributed by atoms with Crippen LogP contribution in [0.5, 0.6) is 0 Å². The maximum Gasteiger partial charge on any atom is 0.321 e. The third-order valence-electron chi connectivity index (χ3n) is 12.1. The smallest absolute Gasteiger partial charge is 0.321 e. The molecule has 20 nitrogen and oxygen atoms in total. The van der Waals surface area contributed by atoms with Gasteiger partial charge in [-0.25, -0.2) is 9.78 Å². The number of hydrogen-bond acceptors (Lipinski definition) is 11. The summed E-state index contributed by atoms with van der Waals surface area (Å²) in [5.74, 6) is -5.68. The fourth-order valence-electron chi connectivity index (χ4n) is 8.26. The van der Waals surface area contributed by atoms with E-state index < -0.39 is 101 Å². The van der Waals surface area contributed by atoms with Crippen LogP contribution in [0.15, 0.2) is 48.9 Å². The second-order valence-corrected chi connectivity index (χ2v) is 19.8. The molecule has 1 aromatic heterocycles. The zero-order chi connectivity index (χ0) is 49.6. The highest BCUT2D eigenvalue weighted by Crippen LogP contribution is 2.29. The van der Waals surface area contributed by atoms with Gasteiger partial charge in [0.15, 0.2) is 6.10 Å². The van der Waals surface area contributed by atoms with Gasteiger partial charge in [0.2, 0.25) is 29.5 Å². The summed E-state index contributed by atoms with van der Waals surface area (Å²) < 4.78 is 0. The molecule has 0 radical (unpaired) electrons. The molecule has 7 atom stereocenters. The Morgan fingerprint density at radius 2 is 1.46 bits per heavy atom. The number of aliphatic hydroxyl groups is 1. The number of para-hydroxylation sites is 1. The average molecular weight is 934 g/mol. The van der Waals surface area contributed by atoms with Gasteiger partial charge < -0.3 is 52.1 Å². The van der Waals surface area contributed by atoms with Crippen molar-refractivity contribution >= 4 is 53.1 Å². The molecule has 1 aliphatic carbocycles. The standard InChI is InChI=1S/C47H71N11O9/c1-10-17-31(36(60)42(64)50-25-34(59)54-38(47(5,6)7)44(66)57(8)9)52-39(61)30-26-58(45(67)51-29-20-15-12-16-21-29)27-33(30)53-43(65)37(46(2,3)4)56-41(63)35(28-18-13-11-14-19-28)55-40(62)32-24-48-22-23-49-32/h12,15-16,20-24,28,30-31,33,35-38,60H,10-11,13-14,17-19,25-27H2,1-9H3,(H,50,64)(H,51,67)(H,52,61)(H,53,65)(H,54,59)(H,55,62)(H,56,63)/t30-,31+,33+,35+,36?,37-,38-/m1/s1. The van der Waals surface area contributed by atoms with Crippen molar-refractivity contribution in [2.24, 2.45) is 22.7 Å². The van der Waals surface area contributed by atoms with E-state index in [0.717, 1.165) is 19.3 Å². The van der Waals surface area contributed by atoms with Crippen molar-refractivity contribution in [1.82, 2.24) is 51.7 Å². The van der Waals surface area contributed by atoms with E-state index in [1.165, 1.54) is 28.4 Å². The monoisotopic (exact) mass is 934 g/mol. The van der Waals surface area contributed by atoms with Crippen LogP contribution in [0.4, 0.5) is 10.5 Å². The molecule has 4 rings (SSSR count). The molecule has 67 heavy (non-hydrogen) atoms. The second-order valence-electron chi connectivity index (χ2n) is 19.8. The molecule has 1 saturated carbocycles. The maximum absolute atomic E-state index is 14.5. The van der Waals surface area contributed by atoms with Gasteiger partial charge in [0, 0.05) is 45.3 Å². The Morgan fingerprint density at radius 1 is 0.806 bits per heavy atom. The van der Waals surface area contributed by atoms with Gasteiger partial charge >= 0.3 is 6.03 Å². The van der Waals surface area contributed by atoms with E-state index in [1.54, 1.807) is 92.9 Å². The van der Waals surface area contributed by atoms with Crippen LogP contribution in [0.1, 0.15) is 104 Å². The summed E-state index contributed by atoms with van der Waals surface area (Å²) in [6, 6.07) is 2.93. The first kappa shape index (κ1) is 53.4. The fraction of sp³-hybridized carbons (Fsp3) is 0.617. The number of anilines is 1. The lowest BCUT2D eigenvalue weighted by atomic mass is 9.82. The first-order valence-electron chi connectivity index (χ1n) is 23.1. The van der Waals surface area contributed by atoms with Gasteiger partial charge in [-0.3, -0.25) is 38.5 Å². The summed E-state index contributed by atoms with van der Waals surface area (Å²) >= 11 is 0. The molecule has 1 aliphatic heterocycles. The second kappa shape index (κ2) is 24.0. The maximum atomic E-state index is 14.5. The van der Waals surface area contributed by atoms with Gasteiger partial charge in [0.25, 0.3) is 11.8 Å². The molecule has 1 unspecified atom stereocenters. The molecule has 8 N–H and O–H groups in total. The van der Waals surface area contributed by atoms with Crippen LogP contribution in [0, 0.1) is 22.7 Å². The van der Waals surface area contributed by atoms with E-state index in [4.69, 9.17) is 0 Å². The van der Waals surface area contributed by atoms with Crippen molar-refractivity contribution in [2.75, 3.05) is 39.0 Å². The van der Waals surface area contributed by atoms with Gasteiger partial charge in [-0.2, -0.15) is 0 Å². The third-order valence-corrected chi connectivity index (χ3v) is 12.1. The highest BCUT2D eigenvalue weighted by atomic mass is 16.3. The summed E-state index contributed by atoms with van der Waals surface area (Å²) in [5, 5.41) is 30.6. The van der Waals surface area contributed by atoms with E-state index in [2.05, 4.69) is 47.2 Å². The molecule has 2 fully saturated rings. The molecule has 2 heterocycles. The Morgan fingerprint density at radius 3 is 2.04 bits per heavy atom. The number of hydrogen-bond donors (Lipinski definition) is 8. The van der Waals surface area contributed by atoms with Crippen molar-refractivity contribution in [3.05, 3.63) is 54.6 Å². The molecule has 2 aliphatic rings. The van der Waals surface area contributed by atoms with Crippen LogP contribution in [-0.4, -0.2) is 142 Å². The minimum atomic E-state index is -1.81. The fourth-order valence-corrected chi connectivity index (χ4v) is 8.26. The van der Waals surface area contributed by atoms with Crippen LogP contribution in [-0.2, 0) is 28.8 Å². The number of urea groups is 1. The predicted octanol–water partition coefficient (Wildman–Crippen LogP) is 1.72. The number of benzene rings is 1. The topological polar surface area (TPSA) is 273 Å². The Bertz CT molecular complexity index is 2040. The summed E-state index contributed by atoms with van der Waals surface area (Å²) in [6.45, 7) is 11.6. The number of aromatic nitrogens is 2. The van der Waals surface area contributed by atoms with E-state index >= 15 is 0 Å². The molecule has 368 valence electrons. The van der Waals surface area contributed by atoms with Crippen molar-refractivity contribution in [1.29, 1.82) is 0 Å². The number of rotatable bonds is 18. The molecule has 0 spiro atoms. The highest BCUT2D eigenvalue weighted by molar-refractivity contribution is 5.98. The summed E-state index contributed by atoms with van der Waals surface area (Å²) in [4.78, 5) is 120. The Balaban J connectivity index is 1.54. The van der Waals surface area contributed by atoms with Crippen LogP contribution >= 0.6 is 0 Å². The Kier molecular flexibility index (Phi) is 19.2. The molecule has 2 aromatic rings. The first-order valence-corrected chi connectivity index (χ1v) is 23.1. The van der Waals surface area contributed by atoms with Gasteiger partial charge in [0.1, 0.15) is 23.8 Å². The summed E-state index contributed by atoms with van der Waals surface area (Å²) in [6.07, 6.45) is 6.99. The van der Waals surface area contributed by atoms with Crippen molar-refractivity contribution < 1.29 is 43.5 Å². The number of nitrogens with one attached hydrogen (secondary N) is 7. The first-order chi connectivity index (χ1) is 31.5. The number of likely N-dealkylation sites (tertiary alicyclic amines) is 1. The molecule has 9 amide bonds. The van der Waals surface area contributed by atoms with E-state index in [1.807, 2.05) is 0 Å². The average Bonchev–Trinajstić information content (AvgIpc) is 3.71. The largest absolute Gasteiger partial charge is 0.381 e. The van der Waals surface area contributed by atoms with E-state index in [0.29, 0.717) is 24.9 Å². The quantitative estimate of drug-likeness (QED) is 0.107. The SMILES string of the molecule is CCC[C@H](NC(=O)[C@@H]1CN(C(=O)Nc2ccccc2)C[C@@H]1NC(=O)[C@@H](NC(=O)[C@@H](NC(=O)c1cnccn1)C1CCCCC1)C(C)(C)C)C(O)C(=O)NCC(=O)N[C@H](C(=O)N(C)C)C(C)(C)C. The zero-order valence-corrected chi connectivity index (χ0v) is 40.3. The van der Waals surface area contributed by atoms with Crippen LogP contribution in [0.2, 0.25) is 0 Å². The number of amides is 9. The number of carbonyl (C=O) groups excluding carboxylic acids is 8. The Hall–Kier alpha value is -6.18. The summed E-state index contributed by atoms with van der Waals surface area (Å²) in [7, 11) is 3.13. The molecular weight excluding hydrogens is 863 g/mol. The number of aliphatic hydroxyl groups excluding tert-OH is 1. The van der Waals surface area contributed by atoms with Crippen molar-refractivity contribution in [3.63, 3.8) is 0 Å². The van der Waals surface area contributed by atoms with Crippen LogP contribution in [0.25, 0.3) is 0 Å². The lowest BCUT2D eigenvalue weighted by Crippen LogP contribution is -2.61. The highest BCUT2D eigenvalue weighted by Gasteiger charge is 2.45. The molecule has 20 heteroatoms. The lowest BCUT2D eigenvalue weighted by molar-refractivity contribution is -0.138. The zero-order valence-electron chi connectivity index (χ0n) is 40.3. The molecular formula is C47H71N11O9. The number of carbonyl (C=O) groups is 8. The minimum Gasteiger partial charge on any atom is -0.381 e. The van der Waals surface area contributed by atoms with E-state index in [-0.39, 0.29) is 37.0 Å². The number of nitrogens with zero attached hydrogens (tertiary/aromatic N) is 4. The molecule has 1 saturated heterocycles. The minimum absolute atomic E-state index is 0.0357. The van der Waals surface area contributed by atoms with Gasteiger partial charge in [-0.1, -0.05) is 92.3 Å². The Labute approximate surface area is 393 Å². The van der Waals surface area contributed by atoms with Crippen LogP contribution in [0.3, 0.4) is 0 Å². The summed E-state index contributed by atoms with van der Waals surface area (Å²) in [5.41, 5.74) is -1.00. The third kappa shape index (κ3) is 15.4. The predicted molar refractivity (Wildman–Crippen MR) is 250 cm³/mol. The molecule has 0 bridgehead atoms. The van der Waals surface area contributed by atoms with Gasteiger partial charge in [0.05, 0.1) is 30.7 Å². The van der Waals surface area contributed by atoms with Gasteiger partial charge in [-0.05, 0) is 48.1 Å². The van der Waals surface area contributed by atoms with Gasteiger partial charge in [-0.15, -0.1) is 0 Å². The lowest BCUT2D eigenvalue weighted by Gasteiger charge is -2.35. The van der Waals surface area contributed by atoms with E-state index in [9.17, 15) is 43.5 Å². The van der Waals surface area contributed by atoms with Crippen LogP contribution < -0.4 is 37.2 Å². The van der Waals surface area contributed by atoms with Crippen molar-refractivity contribution in [2.45, 2.75) is 130 Å². The number of likely N-dealkylation sites (N-methyl/N-ethyl adjacent to an activating group) is 1.